The predicted molar refractivity (Wildman–Crippen MR) is 114 cm³/mol. The molecule has 1 amide bonds. The summed E-state index contributed by atoms with van der Waals surface area (Å²) in [5.74, 6) is -0.119. The Hall–Kier alpha value is -3.44. The number of carbonyl (C=O) groups excluding carboxylic acids is 1. The van der Waals surface area contributed by atoms with Crippen LogP contribution in [0.2, 0.25) is 0 Å². The largest absolute Gasteiger partial charge is 0.399 e. The highest BCUT2D eigenvalue weighted by molar-refractivity contribution is 5.94. The highest BCUT2D eigenvalue weighted by Gasteiger charge is 2.05. The van der Waals surface area contributed by atoms with Crippen molar-refractivity contribution in [2.24, 2.45) is 5.16 Å². The second-order valence-electron chi connectivity index (χ2n) is 6.52. The molecule has 0 atom stereocenters. The van der Waals surface area contributed by atoms with Crippen LogP contribution >= 0.6 is 0 Å². The number of oxime groups is 1. The molecule has 0 saturated carbocycles. The number of nitrogens with one attached hydrogen (secondary N) is 1. The van der Waals surface area contributed by atoms with Gasteiger partial charge in [0.05, 0.1) is 19.4 Å². The maximum atomic E-state index is 12.4. The lowest BCUT2D eigenvalue weighted by Crippen LogP contribution is -2.22. The SMILES string of the molecule is CO/N=C/c1ccc(C(=O)NCc2cccc(COCc3ccccc3)c2)cc1. The molecule has 0 spiro atoms. The molecular formula is C24H24N2O3. The molecule has 0 aliphatic rings. The fourth-order valence-corrected chi connectivity index (χ4v) is 2.81. The highest BCUT2D eigenvalue weighted by Crippen LogP contribution is 2.10. The van der Waals surface area contributed by atoms with Crippen molar-refractivity contribution >= 4 is 12.1 Å². The van der Waals surface area contributed by atoms with Gasteiger partial charge >= 0.3 is 0 Å². The van der Waals surface area contributed by atoms with Gasteiger partial charge in [-0.15, -0.1) is 0 Å². The molecule has 0 unspecified atom stereocenters. The van der Waals surface area contributed by atoms with Crippen LogP contribution in [0.5, 0.6) is 0 Å². The van der Waals surface area contributed by atoms with Crippen LogP contribution in [0.25, 0.3) is 0 Å². The summed E-state index contributed by atoms with van der Waals surface area (Å²) >= 11 is 0. The molecular weight excluding hydrogens is 364 g/mol. The van der Waals surface area contributed by atoms with Crippen molar-refractivity contribution in [3.63, 3.8) is 0 Å². The van der Waals surface area contributed by atoms with Gasteiger partial charge in [-0.05, 0) is 34.4 Å². The Balaban J connectivity index is 1.49. The molecule has 3 aromatic carbocycles. The Morgan fingerprint density at radius 2 is 1.59 bits per heavy atom. The van der Waals surface area contributed by atoms with Crippen molar-refractivity contribution in [2.45, 2.75) is 19.8 Å². The first-order chi connectivity index (χ1) is 14.2. The molecule has 0 saturated heterocycles. The van der Waals surface area contributed by atoms with E-state index in [1.54, 1.807) is 18.3 Å². The van der Waals surface area contributed by atoms with Gasteiger partial charge in [0.2, 0.25) is 0 Å². The van der Waals surface area contributed by atoms with Gasteiger partial charge in [-0.2, -0.15) is 0 Å². The zero-order valence-corrected chi connectivity index (χ0v) is 16.4. The molecule has 0 fully saturated rings. The van der Waals surface area contributed by atoms with Crippen LogP contribution < -0.4 is 5.32 Å². The maximum Gasteiger partial charge on any atom is 0.251 e. The average molecular weight is 388 g/mol. The first kappa shape index (κ1) is 20.3. The molecule has 3 aromatic rings. The van der Waals surface area contributed by atoms with Crippen molar-refractivity contribution in [2.75, 3.05) is 7.11 Å². The van der Waals surface area contributed by atoms with E-state index in [2.05, 4.69) is 21.4 Å². The van der Waals surface area contributed by atoms with Crippen LogP contribution in [0.3, 0.4) is 0 Å². The molecule has 5 nitrogen and oxygen atoms in total. The standard InChI is InChI=1S/C24H24N2O3/c1-28-26-16-19-10-12-23(13-11-19)24(27)25-15-21-8-5-9-22(14-21)18-29-17-20-6-3-2-4-7-20/h2-14,16H,15,17-18H2,1H3,(H,25,27)/b26-16+. The third kappa shape index (κ3) is 6.59. The lowest BCUT2D eigenvalue weighted by Gasteiger charge is -2.09. The van der Waals surface area contributed by atoms with E-state index in [9.17, 15) is 4.79 Å². The van der Waals surface area contributed by atoms with Crippen molar-refractivity contribution in [1.29, 1.82) is 0 Å². The van der Waals surface area contributed by atoms with Gasteiger partial charge < -0.3 is 14.9 Å². The van der Waals surface area contributed by atoms with Crippen molar-refractivity contribution < 1.29 is 14.4 Å². The van der Waals surface area contributed by atoms with Crippen molar-refractivity contribution in [1.82, 2.24) is 5.32 Å². The molecule has 0 bridgehead atoms. The number of hydrogen-bond acceptors (Lipinski definition) is 4. The number of rotatable bonds is 9. The summed E-state index contributed by atoms with van der Waals surface area (Å²) in [6.07, 6.45) is 1.59. The Morgan fingerprint density at radius 3 is 2.34 bits per heavy atom. The lowest BCUT2D eigenvalue weighted by molar-refractivity contribution is 0.0951. The first-order valence-electron chi connectivity index (χ1n) is 9.39. The van der Waals surface area contributed by atoms with E-state index in [0.29, 0.717) is 25.3 Å². The third-order valence-electron chi connectivity index (χ3n) is 4.30. The smallest absolute Gasteiger partial charge is 0.251 e. The van der Waals surface area contributed by atoms with E-state index in [-0.39, 0.29) is 5.91 Å². The topological polar surface area (TPSA) is 59.9 Å². The van der Waals surface area contributed by atoms with E-state index >= 15 is 0 Å². The number of hydrogen-bond donors (Lipinski definition) is 1. The maximum absolute atomic E-state index is 12.4. The van der Waals surface area contributed by atoms with Gasteiger partial charge in [-0.1, -0.05) is 71.9 Å². The monoisotopic (exact) mass is 388 g/mol. The van der Waals surface area contributed by atoms with E-state index in [1.165, 1.54) is 7.11 Å². The second kappa shape index (κ2) is 10.8. The Morgan fingerprint density at radius 1 is 0.897 bits per heavy atom. The van der Waals surface area contributed by atoms with Gasteiger partial charge in [0, 0.05) is 12.1 Å². The summed E-state index contributed by atoms with van der Waals surface area (Å²) in [4.78, 5) is 17.0. The summed E-state index contributed by atoms with van der Waals surface area (Å²) in [7, 11) is 1.49. The third-order valence-corrected chi connectivity index (χ3v) is 4.30. The van der Waals surface area contributed by atoms with Crippen LogP contribution in [0, 0.1) is 0 Å². The zero-order valence-electron chi connectivity index (χ0n) is 16.4. The fraction of sp³-hybridized carbons (Fsp3) is 0.167. The minimum Gasteiger partial charge on any atom is -0.399 e. The first-order valence-corrected chi connectivity index (χ1v) is 9.39. The molecule has 29 heavy (non-hydrogen) atoms. The molecule has 0 radical (unpaired) electrons. The molecule has 1 N–H and O–H groups in total. The van der Waals surface area contributed by atoms with E-state index < -0.39 is 0 Å². The summed E-state index contributed by atoms with van der Waals surface area (Å²) < 4.78 is 5.79. The van der Waals surface area contributed by atoms with Gasteiger partial charge in [0.15, 0.2) is 0 Å². The summed E-state index contributed by atoms with van der Waals surface area (Å²) in [6, 6.07) is 25.3. The Kier molecular flexibility index (Phi) is 7.55. The predicted octanol–water partition coefficient (Wildman–Crippen LogP) is 4.31. The Labute approximate surface area is 171 Å². The zero-order chi connectivity index (χ0) is 20.3. The summed E-state index contributed by atoms with van der Waals surface area (Å²) in [6.45, 7) is 1.56. The molecule has 0 aromatic heterocycles. The van der Waals surface area contributed by atoms with E-state index in [4.69, 9.17) is 4.74 Å². The highest BCUT2D eigenvalue weighted by atomic mass is 16.6. The molecule has 0 aliphatic heterocycles. The number of carbonyl (C=O) groups is 1. The van der Waals surface area contributed by atoms with E-state index in [0.717, 1.165) is 22.3 Å². The minimum atomic E-state index is -0.119. The van der Waals surface area contributed by atoms with Crippen molar-refractivity contribution in [3.05, 3.63) is 107 Å². The molecule has 3 rings (SSSR count). The van der Waals surface area contributed by atoms with Crippen LogP contribution in [-0.2, 0) is 29.3 Å². The number of benzene rings is 3. The number of ether oxygens (including phenoxy) is 1. The van der Waals surface area contributed by atoms with Gasteiger partial charge in [0.1, 0.15) is 7.11 Å². The van der Waals surface area contributed by atoms with Gasteiger partial charge in [-0.3, -0.25) is 4.79 Å². The molecule has 0 heterocycles. The summed E-state index contributed by atoms with van der Waals surface area (Å²) in [5, 5.41) is 6.65. The fourth-order valence-electron chi connectivity index (χ4n) is 2.81. The number of nitrogens with zero attached hydrogens (tertiary/aromatic N) is 1. The van der Waals surface area contributed by atoms with Gasteiger partial charge in [-0.25, -0.2) is 0 Å². The van der Waals surface area contributed by atoms with Crippen LogP contribution in [0.15, 0.2) is 84.0 Å². The lowest BCUT2D eigenvalue weighted by atomic mass is 10.1. The van der Waals surface area contributed by atoms with Gasteiger partial charge in [0.25, 0.3) is 5.91 Å². The molecule has 0 aliphatic carbocycles. The van der Waals surface area contributed by atoms with Crippen LogP contribution in [-0.4, -0.2) is 19.2 Å². The quantitative estimate of drug-likeness (QED) is 0.439. The van der Waals surface area contributed by atoms with Crippen molar-refractivity contribution in [3.8, 4) is 0 Å². The average Bonchev–Trinajstić information content (AvgIpc) is 2.77. The van der Waals surface area contributed by atoms with E-state index in [1.807, 2.05) is 60.7 Å². The second-order valence-corrected chi connectivity index (χ2v) is 6.52. The summed E-state index contributed by atoms with van der Waals surface area (Å²) in [5.41, 5.74) is 4.72. The molecule has 5 heteroatoms. The van der Waals surface area contributed by atoms with Crippen LogP contribution in [0.4, 0.5) is 0 Å². The molecule has 148 valence electrons. The van der Waals surface area contributed by atoms with Crippen LogP contribution in [0.1, 0.15) is 32.6 Å². The minimum absolute atomic E-state index is 0.119. The normalized spacial score (nSPS) is 10.8. The Bertz CT molecular complexity index is 938. The number of amides is 1.